The molecule has 158 valence electrons. The Morgan fingerprint density at radius 1 is 1.07 bits per heavy atom. The first-order chi connectivity index (χ1) is 13.5. The van der Waals surface area contributed by atoms with Crippen LogP contribution in [0.4, 0.5) is 5.69 Å². The van der Waals surface area contributed by atoms with Crippen molar-refractivity contribution in [2.45, 2.75) is 53.1 Å². The molecule has 0 bridgehead atoms. The van der Waals surface area contributed by atoms with E-state index >= 15 is 0 Å². The van der Waals surface area contributed by atoms with Crippen LogP contribution < -0.4 is 9.62 Å². The van der Waals surface area contributed by atoms with Crippen molar-refractivity contribution in [2.24, 2.45) is 0 Å². The van der Waals surface area contributed by atoms with E-state index in [1.807, 2.05) is 39.8 Å². The minimum Gasteiger partial charge on any atom is -0.347 e. The second kappa shape index (κ2) is 9.18. The van der Waals surface area contributed by atoms with E-state index in [1.165, 1.54) is 5.56 Å². The highest BCUT2D eigenvalue weighted by atomic mass is 35.5. The maximum absolute atomic E-state index is 13.0. The van der Waals surface area contributed by atoms with Gasteiger partial charge in [-0.3, -0.25) is 9.10 Å². The summed E-state index contributed by atoms with van der Waals surface area (Å²) in [6.45, 7) is 9.47. The van der Waals surface area contributed by atoms with Crippen LogP contribution >= 0.6 is 11.6 Å². The molecule has 1 N–H and O–H groups in total. The summed E-state index contributed by atoms with van der Waals surface area (Å²) in [5.74, 6) is -0.364. The summed E-state index contributed by atoms with van der Waals surface area (Å²) in [6, 6.07) is 9.92. The lowest BCUT2D eigenvalue weighted by molar-refractivity contribution is -0.122. The number of carbonyl (C=O) groups excluding carboxylic acids is 1. The molecule has 0 saturated heterocycles. The zero-order chi connectivity index (χ0) is 21.9. The molecular formula is C22H29ClN2O3S. The molecule has 2 atom stereocenters. The quantitative estimate of drug-likeness (QED) is 0.684. The van der Waals surface area contributed by atoms with Gasteiger partial charge < -0.3 is 5.32 Å². The lowest BCUT2D eigenvalue weighted by atomic mass is 9.99. The molecule has 0 aromatic heterocycles. The van der Waals surface area contributed by atoms with E-state index in [4.69, 9.17) is 11.6 Å². The summed E-state index contributed by atoms with van der Waals surface area (Å²) >= 11 is 6.18. The zero-order valence-corrected chi connectivity index (χ0v) is 19.4. The molecule has 7 heteroatoms. The van der Waals surface area contributed by atoms with Gasteiger partial charge in [-0.25, -0.2) is 8.42 Å². The molecule has 0 unspecified atom stereocenters. The minimum atomic E-state index is -3.70. The Bertz CT molecular complexity index is 1010. The smallest absolute Gasteiger partial charge is 0.244 e. The molecule has 5 nitrogen and oxygen atoms in total. The van der Waals surface area contributed by atoms with Crippen LogP contribution in [0.3, 0.4) is 0 Å². The van der Waals surface area contributed by atoms with E-state index in [2.05, 4.69) is 11.4 Å². The molecule has 1 amide bonds. The molecule has 0 saturated carbocycles. The molecule has 2 aromatic carbocycles. The highest BCUT2D eigenvalue weighted by molar-refractivity contribution is 7.92. The van der Waals surface area contributed by atoms with Crippen LogP contribution in [0.2, 0.25) is 5.02 Å². The van der Waals surface area contributed by atoms with Gasteiger partial charge in [0.2, 0.25) is 15.9 Å². The minimum absolute atomic E-state index is 0.202. The zero-order valence-electron chi connectivity index (χ0n) is 17.8. The first-order valence-corrected chi connectivity index (χ1v) is 11.8. The molecule has 2 aromatic rings. The summed E-state index contributed by atoms with van der Waals surface area (Å²) in [6.07, 6.45) is 1.78. The molecule has 0 aliphatic rings. The van der Waals surface area contributed by atoms with Gasteiger partial charge in [0.15, 0.2) is 0 Å². The fraction of sp³-hybridized carbons (Fsp3) is 0.409. The number of carbonyl (C=O) groups is 1. The normalized spacial score (nSPS) is 13.6. The van der Waals surface area contributed by atoms with E-state index in [0.29, 0.717) is 17.1 Å². The predicted octanol–water partition coefficient (Wildman–Crippen LogP) is 4.69. The first kappa shape index (κ1) is 23.2. The maximum Gasteiger partial charge on any atom is 0.244 e. The van der Waals surface area contributed by atoms with Crippen LogP contribution in [0.1, 0.15) is 48.6 Å². The number of hydrogen-bond donors (Lipinski definition) is 1. The Hall–Kier alpha value is -2.05. The summed E-state index contributed by atoms with van der Waals surface area (Å²) in [5, 5.41) is 3.45. The number of anilines is 1. The van der Waals surface area contributed by atoms with E-state index in [-0.39, 0.29) is 11.9 Å². The Balaban J connectivity index is 2.32. The third-order valence-electron chi connectivity index (χ3n) is 5.16. The van der Waals surface area contributed by atoms with Crippen LogP contribution in [0.5, 0.6) is 0 Å². The van der Waals surface area contributed by atoms with Gasteiger partial charge in [-0.05, 0) is 68.5 Å². The number of sulfonamides is 1. The van der Waals surface area contributed by atoms with Gasteiger partial charge in [-0.15, -0.1) is 0 Å². The number of aryl methyl sites for hydroxylation is 3. The van der Waals surface area contributed by atoms with Crippen LogP contribution in [0.25, 0.3) is 0 Å². The van der Waals surface area contributed by atoms with Crippen molar-refractivity contribution in [3.05, 3.63) is 63.7 Å². The lowest BCUT2D eigenvalue weighted by Crippen LogP contribution is -2.48. The summed E-state index contributed by atoms with van der Waals surface area (Å²) in [4.78, 5) is 13.0. The fourth-order valence-electron chi connectivity index (χ4n) is 3.22. The molecule has 0 spiro atoms. The van der Waals surface area contributed by atoms with Crippen LogP contribution in [0, 0.1) is 20.8 Å². The topological polar surface area (TPSA) is 66.5 Å². The van der Waals surface area contributed by atoms with E-state index in [9.17, 15) is 13.2 Å². The van der Waals surface area contributed by atoms with Crippen molar-refractivity contribution >= 4 is 33.2 Å². The number of nitrogens with zero attached hydrogens (tertiary/aromatic N) is 1. The molecule has 0 fully saturated rings. The van der Waals surface area contributed by atoms with Crippen molar-refractivity contribution < 1.29 is 13.2 Å². The SMILES string of the molecule is CC[C@H](NC(=O)[C@@H](C)N(c1ccc(C)c(Cl)c1)S(C)(=O)=O)c1ccc(C)c(C)c1. The number of halogens is 1. The molecule has 0 aliphatic carbocycles. The van der Waals surface area contributed by atoms with Gasteiger partial charge in [0.1, 0.15) is 6.04 Å². The second-order valence-corrected chi connectivity index (χ2v) is 9.75. The number of nitrogens with one attached hydrogen (secondary N) is 1. The first-order valence-electron chi connectivity index (χ1n) is 9.58. The predicted molar refractivity (Wildman–Crippen MR) is 120 cm³/mol. The number of rotatable bonds is 7. The average Bonchev–Trinajstić information content (AvgIpc) is 2.63. The second-order valence-electron chi connectivity index (χ2n) is 7.48. The number of amides is 1. The molecule has 0 radical (unpaired) electrons. The Kier molecular flexibility index (Phi) is 7.35. The molecule has 0 aliphatic heterocycles. The Labute approximate surface area is 179 Å². The van der Waals surface area contributed by atoms with Crippen molar-refractivity contribution in [1.82, 2.24) is 5.32 Å². The van der Waals surface area contributed by atoms with Gasteiger partial charge >= 0.3 is 0 Å². The largest absolute Gasteiger partial charge is 0.347 e. The van der Waals surface area contributed by atoms with Crippen LogP contribution in [0.15, 0.2) is 36.4 Å². The lowest BCUT2D eigenvalue weighted by Gasteiger charge is -2.30. The van der Waals surface area contributed by atoms with Gasteiger partial charge in [0, 0.05) is 5.02 Å². The van der Waals surface area contributed by atoms with Gasteiger partial charge in [0.25, 0.3) is 0 Å². The highest BCUT2D eigenvalue weighted by Gasteiger charge is 2.30. The van der Waals surface area contributed by atoms with E-state index < -0.39 is 16.1 Å². The van der Waals surface area contributed by atoms with Gasteiger partial charge in [-0.2, -0.15) is 0 Å². The van der Waals surface area contributed by atoms with Crippen LogP contribution in [-0.4, -0.2) is 26.6 Å². The standard InChI is InChI=1S/C22H29ClN2O3S/c1-7-21(18-10-8-14(2)16(4)12-18)24-22(26)17(5)25(29(6,27)28)19-11-9-15(3)20(23)13-19/h8-13,17,21H,7H2,1-6H3,(H,24,26)/t17-,21+/m1/s1. The third-order valence-corrected chi connectivity index (χ3v) is 6.81. The Morgan fingerprint density at radius 2 is 1.69 bits per heavy atom. The summed E-state index contributed by atoms with van der Waals surface area (Å²) < 4.78 is 26.1. The van der Waals surface area contributed by atoms with Gasteiger partial charge in [0.05, 0.1) is 18.0 Å². The Morgan fingerprint density at radius 3 is 2.21 bits per heavy atom. The monoisotopic (exact) mass is 436 g/mol. The van der Waals surface area contributed by atoms with Crippen LogP contribution in [-0.2, 0) is 14.8 Å². The molecule has 0 heterocycles. The highest BCUT2D eigenvalue weighted by Crippen LogP contribution is 2.27. The third kappa shape index (κ3) is 5.52. The average molecular weight is 437 g/mol. The van der Waals surface area contributed by atoms with E-state index in [1.54, 1.807) is 25.1 Å². The van der Waals surface area contributed by atoms with E-state index in [0.717, 1.165) is 27.3 Å². The number of benzene rings is 2. The number of hydrogen-bond acceptors (Lipinski definition) is 3. The fourth-order valence-corrected chi connectivity index (χ4v) is 4.56. The molecule has 2 rings (SSSR count). The van der Waals surface area contributed by atoms with Gasteiger partial charge in [-0.1, -0.05) is 42.8 Å². The van der Waals surface area contributed by atoms with Crippen molar-refractivity contribution in [3.8, 4) is 0 Å². The van der Waals surface area contributed by atoms with Crippen molar-refractivity contribution in [3.63, 3.8) is 0 Å². The maximum atomic E-state index is 13.0. The molecule has 29 heavy (non-hydrogen) atoms. The van der Waals surface area contributed by atoms with Crippen molar-refractivity contribution in [2.75, 3.05) is 10.6 Å². The summed E-state index contributed by atoms with van der Waals surface area (Å²) in [5.41, 5.74) is 4.53. The summed E-state index contributed by atoms with van der Waals surface area (Å²) in [7, 11) is -3.70. The van der Waals surface area contributed by atoms with Crippen molar-refractivity contribution in [1.29, 1.82) is 0 Å². The molecular weight excluding hydrogens is 408 g/mol.